The van der Waals surface area contributed by atoms with Crippen molar-refractivity contribution in [3.63, 3.8) is 0 Å². The van der Waals surface area contributed by atoms with Crippen LogP contribution < -0.4 is 10.2 Å². The lowest BCUT2D eigenvalue weighted by molar-refractivity contribution is -0.120. The Hall–Kier alpha value is -4.21. The van der Waals surface area contributed by atoms with E-state index in [2.05, 4.69) is 27.3 Å². The maximum absolute atomic E-state index is 14.2. The number of carbonyl (C=O) groups excluding carboxylic acids is 2. The first-order valence-corrected chi connectivity index (χ1v) is 13.4. The second-order valence-electron chi connectivity index (χ2n) is 10.2. The molecule has 2 aliphatic heterocycles. The third-order valence-electron chi connectivity index (χ3n) is 7.53. The van der Waals surface area contributed by atoms with E-state index in [-0.39, 0.29) is 30.3 Å². The number of urea groups is 1. The van der Waals surface area contributed by atoms with E-state index in [9.17, 15) is 19.1 Å². The van der Waals surface area contributed by atoms with Crippen molar-refractivity contribution in [2.75, 3.05) is 11.4 Å². The number of phenolic OH excluding ortho intramolecular Hbond substituents is 1. The van der Waals surface area contributed by atoms with Crippen LogP contribution in [0.4, 0.5) is 15.0 Å². The third kappa shape index (κ3) is 4.94. The Balaban J connectivity index is 1.15. The van der Waals surface area contributed by atoms with Crippen LogP contribution in [0.5, 0.6) is 5.75 Å². The number of benzene rings is 3. The van der Waals surface area contributed by atoms with Crippen LogP contribution in [0.2, 0.25) is 5.02 Å². The van der Waals surface area contributed by atoms with E-state index in [1.54, 1.807) is 24.4 Å². The summed E-state index contributed by atoms with van der Waals surface area (Å²) < 4.78 is 16.1. The number of hydrogen-bond donors (Lipinski definition) is 2. The van der Waals surface area contributed by atoms with Crippen molar-refractivity contribution in [2.24, 2.45) is 7.05 Å². The Labute approximate surface area is 235 Å². The van der Waals surface area contributed by atoms with Gasteiger partial charge in [-0.2, -0.15) is 0 Å². The lowest BCUT2D eigenvalue weighted by atomic mass is 10.0. The molecular formula is C30H27ClFN5O3. The van der Waals surface area contributed by atoms with Gasteiger partial charge in [-0.3, -0.25) is 19.9 Å². The van der Waals surface area contributed by atoms with Crippen LogP contribution in [0, 0.1) is 5.82 Å². The number of imide groups is 1. The maximum atomic E-state index is 14.2. The number of rotatable bonds is 6. The van der Waals surface area contributed by atoms with Gasteiger partial charge in [-0.15, -0.1) is 0 Å². The summed E-state index contributed by atoms with van der Waals surface area (Å²) in [6, 6.07) is 15.9. The van der Waals surface area contributed by atoms with Gasteiger partial charge in [-0.25, -0.2) is 14.2 Å². The molecule has 204 valence electrons. The van der Waals surface area contributed by atoms with Gasteiger partial charge in [0, 0.05) is 62.2 Å². The summed E-state index contributed by atoms with van der Waals surface area (Å²) in [4.78, 5) is 32.2. The van der Waals surface area contributed by atoms with Crippen molar-refractivity contribution in [3.05, 3.63) is 99.5 Å². The summed E-state index contributed by atoms with van der Waals surface area (Å²) in [5.74, 6) is 0.818. The third-order valence-corrected chi connectivity index (χ3v) is 7.89. The fraction of sp³-hybridized carbons (Fsp3) is 0.233. The van der Waals surface area contributed by atoms with Gasteiger partial charge >= 0.3 is 6.03 Å². The molecule has 0 radical (unpaired) electrons. The Bertz CT molecular complexity index is 1630. The topological polar surface area (TPSA) is 90.7 Å². The lowest BCUT2D eigenvalue weighted by Gasteiger charge is -2.26. The van der Waals surface area contributed by atoms with E-state index in [0.717, 1.165) is 30.0 Å². The van der Waals surface area contributed by atoms with Crippen molar-refractivity contribution >= 4 is 29.4 Å². The Morgan fingerprint density at radius 3 is 2.67 bits per heavy atom. The highest BCUT2D eigenvalue weighted by Gasteiger charge is 2.28. The summed E-state index contributed by atoms with van der Waals surface area (Å²) in [7, 11) is 1.86. The highest BCUT2D eigenvalue weighted by molar-refractivity contribution is 6.31. The standard InChI is InChI=1S/C30H27ClFN5O3/c1-35-28(37-10-9-27(39)34-30(37)40)14-33-29(35)20-7-8-21-16-36(17-22(21)12-20)15-18-5-6-19(26(38)11-18)13-23-24(31)3-2-4-25(23)32/h2-8,11-12,14,38H,9-10,13,15-17H2,1H3,(H,34,39,40). The molecule has 0 spiro atoms. The summed E-state index contributed by atoms with van der Waals surface area (Å²) in [5, 5.41) is 13.3. The molecule has 0 atom stereocenters. The number of halogens is 2. The van der Waals surface area contributed by atoms with Gasteiger partial charge in [0.25, 0.3) is 0 Å². The Kier molecular flexibility index (Phi) is 6.77. The SMILES string of the molecule is Cn1c(N2CCC(=O)NC2=O)cnc1-c1ccc2c(c1)CN(Cc1ccc(Cc3c(F)cccc3Cl)c(O)c1)C2. The highest BCUT2D eigenvalue weighted by atomic mass is 35.5. The number of nitrogens with zero attached hydrogens (tertiary/aromatic N) is 4. The molecule has 3 amide bonds. The monoisotopic (exact) mass is 559 g/mol. The van der Waals surface area contributed by atoms with Gasteiger partial charge in [0.2, 0.25) is 5.91 Å². The zero-order valence-electron chi connectivity index (χ0n) is 21.8. The van der Waals surface area contributed by atoms with Crippen molar-refractivity contribution < 1.29 is 19.1 Å². The first-order chi connectivity index (χ1) is 19.3. The van der Waals surface area contributed by atoms with Gasteiger partial charge in [-0.1, -0.05) is 41.9 Å². The lowest BCUT2D eigenvalue weighted by Crippen LogP contribution is -2.50. The van der Waals surface area contributed by atoms with Gasteiger partial charge in [0.15, 0.2) is 0 Å². The van der Waals surface area contributed by atoms with Gasteiger partial charge in [0.05, 0.1) is 6.20 Å². The first-order valence-electron chi connectivity index (χ1n) is 13.0. The maximum Gasteiger partial charge on any atom is 0.329 e. The zero-order chi connectivity index (χ0) is 28.0. The molecule has 0 aliphatic carbocycles. The molecule has 3 aromatic carbocycles. The first kappa shape index (κ1) is 26.0. The van der Waals surface area contributed by atoms with E-state index >= 15 is 0 Å². The van der Waals surface area contributed by atoms with E-state index < -0.39 is 6.03 Å². The van der Waals surface area contributed by atoms with E-state index in [4.69, 9.17) is 11.6 Å². The van der Waals surface area contributed by atoms with E-state index in [1.165, 1.54) is 22.1 Å². The highest BCUT2D eigenvalue weighted by Crippen LogP contribution is 2.32. The molecule has 0 saturated carbocycles. The molecule has 3 heterocycles. The van der Waals surface area contributed by atoms with Crippen molar-refractivity contribution in [1.82, 2.24) is 19.8 Å². The summed E-state index contributed by atoms with van der Waals surface area (Å²) in [6.07, 6.45) is 2.12. The number of nitrogens with one attached hydrogen (secondary N) is 1. The second kappa shape index (κ2) is 10.4. The van der Waals surface area contributed by atoms with Crippen LogP contribution >= 0.6 is 11.6 Å². The molecule has 40 heavy (non-hydrogen) atoms. The molecule has 2 N–H and O–H groups in total. The number of aromatic hydroxyl groups is 1. The minimum absolute atomic E-state index is 0.119. The predicted octanol–water partition coefficient (Wildman–Crippen LogP) is 5.14. The van der Waals surface area contributed by atoms with Gasteiger partial charge < -0.3 is 9.67 Å². The molecular weight excluding hydrogens is 533 g/mol. The van der Waals surface area contributed by atoms with Crippen LogP contribution in [-0.2, 0) is 37.9 Å². The molecule has 6 rings (SSSR count). The molecule has 10 heteroatoms. The summed E-state index contributed by atoms with van der Waals surface area (Å²) >= 11 is 6.16. The van der Waals surface area contributed by atoms with Crippen LogP contribution in [0.15, 0.2) is 60.8 Å². The van der Waals surface area contributed by atoms with Crippen LogP contribution in [-0.4, -0.2) is 38.0 Å². The fourth-order valence-electron chi connectivity index (χ4n) is 5.43. The van der Waals surface area contributed by atoms with Gasteiger partial charge in [0.1, 0.15) is 23.2 Å². The molecule has 1 saturated heterocycles. The molecule has 1 fully saturated rings. The molecule has 1 aromatic heterocycles. The number of imidazole rings is 1. The smallest absolute Gasteiger partial charge is 0.329 e. The largest absolute Gasteiger partial charge is 0.508 e. The number of fused-ring (bicyclic) bond motifs is 1. The van der Waals surface area contributed by atoms with Crippen LogP contribution in [0.1, 0.15) is 34.2 Å². The Morgan fingerprint density at radius 2 is 1.90 bits per heavy atom. The Morgan fingerprint density at radius 1 is 1.07 bits per heavy atom. The van der Waals surface area contributed by atoms with Crippen LogP contribution in [0.25, 0.3) is 11.4 Å². The summed E-state index contributed by atoms with van der Waals surface area (Å²) in [6.45, 7) is 2.48. The van der Waals surface area contributed by atoms with Crippen molar-refractivity contribution in [1.29, 1.82) is 0 Å². The number of phenols is 1. The molecule has 4 aromatic rings. The van der Waals surface area contributed by atoms with Crippen molar-refractivity contribution in [2.45, 2.75) is 32.5 Å². The predicted molar refractivity (Wildman–Crippen MR) is 149 cm³/mol. The second-order valence-corrected chi connectivity index (χ2v) is 10.6. The number of anilines is 1. The minimum Gasteiger partial charge on any atom is -0.508 e. The van der Waals surface area contributed by atoms with Gasteiger partial charge in [-0.05, 0) is 46.5 Å². The van der Waals surface area contributed by atoms with E-state index in [1.807, 2.05) is 29.8 Å². The minimum atomic E-state index is -0.439. The quantitative estimate of drug-likeness (QED) is 0.341. The normalized spacial score (nSPS) is 15.4. The molecule has 8 nitrogen and oxygen atoms in total. The number of carbonyl (C=O) groups is 2. The number of hydrogen-bond acceptors (Lipinski definition) is 5. The molecule has 2 aliphatic rings. The van der Waals surface area contributed by atoms with Crippen LogP contribution in [0.3, 0.4) is 0 Å². The number of amides is 3. The fourth-order valence-corrected chi connectivity index (χ4v) is 5.66. The molecule has 0 bridgehead atoms. The zero-order valence-corrected chi connectivity index (χ0v) is 22.6. The average molecular weight is 560 g/mol. The van der Waals surface area contributed by atoms with E-state index in [0.29, 0.717) is 35.1 Å². The van der Waals surface area contributed by atoms with Crippen molar-refractivity contribution in [3.8, 4) is 17.1 Å². The molecule has 0 unspecified atom stereocenters. The number of aromatic nitrogens is 2. The average Bonchev–Trinajstić information content (AvgIpc) is 3.49. The summed E-state index contributed by atoms with van der Waals surface area (Å²) in [5.41, 5.74) is 5.30.